The minimum atomic E-state index is 0.503. The van der Waals surface area contributed by atoms with Crippen LogP contribution in [0.2, 0.25) is 0 Å². The topological polar surface area (TPSA) is 32.7 Å². The van der Waals surface area contributed by atoms with Crippen molar-refractivity contribution in [3.05, 3.63) is 11.6 Å². The number of rotatable bonds is 2. The van der Waals surface area contributed by atoms with Gasteiger partial charge in [0.1, 0.15) is 0 Å². The second-order valence-electron chi connectivity index (χ2n) is 3.10. The van der Waals surface area contributed by atoms with E-state index in [2.05, 4.69) is 16.9 Å². The van der Waals surface area contributed by atoms with Crippen LogP contribution in [-0.4, -0.2) is 37.7 Å². The quantitative estimate of drug-likeness (QED) is 0.348. The molecule has 3 heteroatoms. The zero-order valence-corrected chi connectivity index (χ0v) is 7.42. The molecule has 66 valence electrons. The maximum Gasteiger partial charge on any atom is 0.235 e. The number of hydrogen-bond donors (Lipinski definition) is 0. The Morgan fingerprint density at radius 1 is 1.58 bits per heavy atom. The van der Waals surface area contributed by atoms with Gasteiger partial charge in [-0.2, -0.15) is 0 Å². The van der Waals surface area contributed by atoms with Crippen LogP contribution in [0.1, 0.15) is 12.8 Å². The fourth-order valence-corrected chi connectivity index (χ4v) is 1.32. The maximum atomic E-state index is 9.77. The Bertz CT molecular complexity index is 207. The highest BCUT2D eigenvalue weighted by Crippen LogP contribution is 2.13. The lowest BCUT2D eigenvalue weighted by Gasteiger charge is -2.23. The summed E-state index contributed by atoms with van der Waals surface area (Å²) in [6.07, 6.45) is 5.81. The van der Waals surface area contributed by atoms with E-state index in [1.165, 1.54) is 11.7 Å². The molecule has 0 N–H and O–H groups in total. The number of aliphatic imine (C=N–C) groups is 1. The second-order valence-corrected chi connectivity index (χ2v) is 3.10. The molecule has 0 aliphatic carbocycles. The van der Waals surface area contributed by atoms with Crippen LogP contribution < -0.4 is 0 Å². The zero-order valence-electron chi connectivity index (χ0n) is 7.42. The van der Waals surface area contributed by atoms with Gasteiger partial charge in [0.05, 0.1) is 6.54 Å². The highest BCUT2D eigenvalue weighted by Gasteiger charge is 2.08. The Hall–Kier alpha value is -0.920. The first-order chi connectivity index (χ1) is 5.83. The first-order valence-corrected chi connectivity index (χ1v) is 4.23. The monoisotopic (exact) mass is 166 g/mol. The van der Waals surface area contributed by atoms with E-state index in [1.807, 2.05) is 6.08 Å². The summed E-state index contributed by atoms with van der Waals surface area (Å²) in [7, 11) is 2.13. The molecule has 0 aromatic rings. The molecule has 0 radical (unpaired) electrons. The van der Waals surface area contributed by atoms with E-state index >= 15 is 0 Å². The van der Waals surface area contributed by atoms with Gasteiger partial charge in [-0.3, -0.25) is 0 Å². The molecule has 3 nitrogen and oxygen atoms in total. The van der Waals surface area contributed by atoms with Crippen molar-refractivity contribution >= 4 is 6.08 Å². The third-order valence-corrected chi connectivity index (χ3v) is 2.17. The molecule has 1 aliphatic rings. The van der Waals surface area contributed by atoms with Crippen LogP contribution in [0.5, 0.6) is 0 Å². The highest BCUT2D eigenvalue weighted by atomic mass is 16.1. The Morgan fingerprint density at radius 2 is 2.25 bits per heavy atom. The molecule has 0 amide bonds. The van der Waals surface area contributed by atoms with Crippen molar-refractivity contribution in [2.75, 3.05) is 26.7 Å². The van der Waals surface area contributed by atoms with Crippen molar-refractivity contribution in [1.29, 1.82) is 0 Å². The molecule has 1 saturated heterocycles. The minimum Gasteiger partial charge on any atom is -0.306 e. The maximum absolute atomic E-state index is 9.77. The molecule has 12 heavy (non-hydrogen) atoms. The second kappa shape index (κ2) is 4.86. The average Bonchev–Trinajstić information content (AvgIpc) is 2.09. The number of piperidine rings is 1. The van der Waals surface area contributed by atoms with E-state index in [4.69, 9.17) is 0 Å². The van der Waals surface area contributed by atoms with Gasteiger partial charge in [0.15, 0.2) is 0 Å². The van der Waals surface area contributed by atoms with E-state index in [0.717, 1.165) is 25.9 Å². The van der Waals surface area contributed by atoms with Gasteiger partial charge >= 0.3 is 0 Å². The van der Waals surface area contributed by atoms with E-state index < -0.39 is 0 Å². The van der Waals surface area contributed by atoms with Crippen LogP contribution in [0.3, 0.4) is 0 Å². The molecular weight excluding hydrogens is 152 g/mol. The Morgan fingerprint density at radius 3 is 2.83 bits per heavy atom. The molecule has 1 fully saturated rings. The summed E-state index contributed by atoms with van der Waals surface area (Å²) in [5.74, 6) is 0. The molecule has 1 rings (SSSR count). The fraction of sp³-hybridized carbons (Fsp3) is 0.667. The standard InChI is InChI=1S/C9H14N2O/c1-11-6-3-9(4-7-11)2-5-10-8-12/h2H,3-7H2,1H3. The zero-order chi connectivity index (χ0) is 8.81. The molecule has 1 aliphatic heterocycles. The lowest BCUT2D eigenvalue weighted by atomic mass is 10.0. The normalized spacial score (nSPS) is 18.6. The van der Waals surface area contributed by atoms with Crippen molar-refractivity contribution in [3.8, 4) is 0 Å². The molecular formula is C9H14N2O. The van der Waals surface area contributed by atoms with Crippen LogP contribution in [0.4, 0.5) is 0 Å². The Balaban J connectivity index is 2.33. The van der Waals surface area contributed by atoms with Crippen molar-refractivity contribution in [1.82, 2.24) is 4.90 Å². The number of likely N-dealkylation sites (tertiary alicyclic amines) is 1. The average molecular weight is 166 g/mol. The van der Waals surface area contributed by atoms with Gasteiger partial charge in [-0.05, 0) is 19.9 Å². The molecule has 0 spiro atoms. The summed E-state index contributed by atoms with van der Waals surface area (Å²) in [6.45, 7) is 2.75. The fourth-order valence-electron chi connectivity index (χ4n) is 1.32. The predicted octanol–water partition coefficient (Wildman–Crippen LogP) is 0.974. The third kappa shape index (κ3) is 2.99. The van der Waals surface area contributed by atoms with Gasteiger partial charge in [-0.25, -0.2) is 9.79 Å². The molecule has 0 bridgehead atoms. The van der Waals surface area contributed by atoms with Gasteiger partial charge in [-0.15, -0.1) is 0 Å². The molecule has 0 aromatic heterocycles. The summed E-state index contributed by atoms with van der Waals surface area (Å²) >= 11 is 0. The summed E-state index contributed by atoms with van der Waals surface area (Å²) < 4.78 is 0. The first kappa shape index (κ1) is 9.17. The summed E-state index contributed by atoms with van der Waals surface area (Å²) in [5, 5.41) is 0. The number of isocyanates is 1. The highest BCUT2D eigenvalue weighted by molar-refractivity contribution is 5.33. The number of hydrogen-bond acceptors (Lipinski definition) is 3. The predicted molar refractivity (Wildman–Crippen MR) is 47.8 cm³/mol. The smallest absolute Gasteiger partial charge is 0.235 e. The van der Waals surface area contributed by atoms with Crippen LogP contribution in [0.25, 0.3) is 0 Å². The van der Waals surface area contributed by atoms with Gasteiger partial charge < -0.3 is 4.90 Å². The molecule has 1 heterocycles. The lowest BCUT2D eigenvalue weighted by molar-refractivity contribution is 0.312. The molecule has 0 unspecified atom stereocenters. The van der Waals surface area contributed by atoms with E-state index in [0.29, 0.717) is 6.54 Å². The summed E-state index contributed by atoms with van der Waals surface area (Å²) in [4.78, 5) is 15.6. The van der Waals surface area contributed by atoms with Crippen molar-refractivity contribution in [3.63, 3.8) is 0 Å². The SMILES string of the molecule is CN1CCC(=CCN=C=O)CC1. The molecule has 0 aromatic carbocycles. The minimum absolute atomic E-state index is 0.503. The number of nitrogens with zero attached hydrogens (tertiary/aromatic N) is 2. The van der Waals surface area contributed by atoms with Crippen molar-refractivity contribution in [2.45, 2.75) is 12.8 Å². The van der Waals surface area contributed by atoms with Crippen LogP contribution in [0, 0.1) is 0 Å². The van der Waals surface area contributed by atoms with E-state index in [1.54, 1.807) is 0 Å². The van der Waals surface area contributed by atoms with Crippen molar-refractivity contribution < 1.29 is 4.79 Å². The van der Waals surface area contributed by atoms with E-state index in [9.17, 15) is 4.79 Å². The molecule has 0 atom stereocenters. The Labute approximate surface area is 72.8 Å². The van der Waals surface area contributed by atoms with E-state index in [-0.39, 0.29) is 0 Å². The van der Waals surface area contributed by atoms with Crippen LogP contribution >= 0.6 is 0 Å². The largest absolute Gasteiger partial charge is 0.306 e. The first-order valence-electron chi connectivity index (χ1n) is 4.23. The van der Waals surface area contributed by atoms with Crippen LogP contribution in [0.15, 0.2) is 16.6 Å². The Kier molecular flexibility index (Phi) is 3.71. The number of carbonyl (C=O) groups excluding carboxylic acids is 1. The van der Waals surface area contributed by atoms with Crippen molar-refractivity contribution in [2.24, 2.45) is 4.99 Å². The lowest BCUT2D eigenvalue weighted by Crippen LogP contribution is -2.26. The summed E-state index contributed by atoms with van der Waals surface area (Å²) in [6, 6.07) is 0. The third-order valence-electron chi connectivity index (χ3n) is 2.17. The van der Waals surface area contributed by atoms with Gasteiger partial charge in [0.2, 0.25) is 6.08 Å². The molecule has 0 saturated carbocycles. The summed E-state index contributed by atoms with van der Waals surface area (Å²) in [5.41, 5.74) is 1.42. The van der Waals surface area contributed by atoms with Gasteiger partial charge in [-0.1, -0.05) is 11.6 Å². The van der Waals surface area contributed by atoms with Gasteiger partial charge in [0, 0.05) is 13.1 Å². The van der Waals surface area contributed by atoms with Crippen LogP contribution in [-0.2, 0) is 4.79 Å². The van der Waals surface area contributed by atoms with Gasteiger partial charge in [0.25, 0.3) is 0 Å².